The Labute approximate surface area is 266 Å². The lowest BCUT2D eigenvalue weighted by molar-refractivity contribution is 1.17. The van der Waals surface area contributed by atoms with Crippen molar-refractivity contribution in [3.8, 4) is 22.8 Å². The zero-order chi connectivity index (χ0) is 31.0. The summed E-state index contributed by atoms with van der Waals surface area (Å²) < 4.78 is 0. The molecular formula is C40H34N4Si. The molecular weight excluding hydrogens is 565 g/mol. The highest BCUT2D eigenvalue weighted by atomic mass is 28.3. The minimum Gasteiger partial charge on any atom is -0.251 e. The van der Waals surface area contributed by atoms with Crippen molar-refractivity contribution < 1.29 is 0 Å². The van der Waals surface area contributed by atoms with Crippen molar-refractivity contribution in [2.24, 2.45) is 0 Å². The van der Waals surface area contributed by atoms with Gasteiger partial charge in [0.1, 0.15) is 8.07 Å². The third kappa shape index (κ3) is 5.36. The second-order valence-corrected chi connectivity index (χ2v) is 16.3. The van der Waals surface area contributed by atoms with Crippen LogP contribution in [0.3, 0.4) is 0 Å². The van der Waals surface area contributed by atoms with Gasteiger partial charge >= 0.3 is 0 Å². The molecule has 218 valence electrons. The molecule has 0 atom stereocenters. The molecule has 0 spiro atoms. The van der Waals surface area contributed by atoms with E-state index < -0.39 is 8.07 Å². The number of aryl methyl sites for hydroxylation is 2. The molecule has 5 heteroatoms. The minimum absolute atomic E-state index is 0.876. The van der Waals surface area contributed by atoms with Gasteiger partial charge in [-0.2, -0.15) is 0 Å². The SMILES string of the molecule is Cc1cccc(-c2cccc(C3=C(c4ccccc4)C(c4ccccc4)=C(c4cccc(-c5cccc(C)n5)n4)[Si]3(C)C)n2)n1. The van der Waals surface area contributed by atoms with Crippen LogP contribution >= 0.6 is 0 Å². The average Bonchev–Trinajstić information content (AvgIpc) is 3.32. The molecule has 0 N–H and O–H groups in total. The summed E-state index contributed by atoms with van der Waals surface area (Å²) in [5, 5.41) is 2.61. The van der Waals surface area contributed by atoms with E-state index in [0.717, 1.165) is 45.6 Å². The normalized spacial score (nSPS) is 14.2. The number of hydrogen-bond donors (Lipinski definition) is 0. The van der Waals surface area contributed by atoms with Crippen LogP contribution in [-0.4, -0.2) is 28.0 Å². The Morgan fingerprint density at radius 3 is 1.07 bits per heavy atom. The Hall–Kier alpha value is -5.26. The number of allylic oxidation sites excluding steroid dienone is 2. The van der Waals surface area contributed by atoms with Gasteiger partial charge in [-0.25, -0.2) is 9.97 Å². The summed E-state index contributed by atoms with van der Waals surface area (Å²) in [6, 6.07) is 46.4. The molecule has 0 bridgehead atoms. The number of aromatic nitrogens is 4. The van der Waals surface area contributed by atoms with E-state index in [-0.39, 0.29) is 0 Å². The minimum atomic E-state index is -2.45. The van der Waals surface area contributed by atoms with Crippen molar-refractivity contribution in [1.29, 1.82) is 0 Å². The fourth-order valence-electron chi connectivity index (χ4n) is 6.49. The molecule has 0 saturated heterocycles. The van der Waals surface area contributed by atoms with Crippen molar-refractivity contribution >= 4 is 29.6 Å². The summed E-state index contributed by atoms with van der Waals surface area (Å²) in [5.41, 5.74) is 12.3. The van der Waals surface area contributed by atoms with Crippen LogP contribution in [0.5, 0.6) is 0 Å². The zero-order valence-corrected chi connectivity index (χ0v) is 27.0. The van der Waals surface area contributed by atoms with E-state index in [1.807, 2.05) is 50.2 Å². The molecule has 0 fully saturated rings. The number of rotatable bonds is 6. The summed E-state index contributed by atoms with van der Waals surface area (Å²) in [4.78, 5) is 20.3. The molecule has 5 heterocycles. The molecule has 0 aliphatic carbocycles. The highest BCUT2D eigenvalue weighted by Crippen LogP contribution is 2.55. The van der Waals surface area contributed by atoms with Gasteiger partial charge in [-0.15, -0.1) is 0 Å². The smallest absolute Gasteiger partial charge is 0.119 e. The number of nitrogens with zero attached hydrogens (tertiary/aromatic N) is 4. The van der Waals surface area contributed by atoms with Crippen LogP contribution in [-0.2, 0) is 0 Å². The molecule has 0 amide bonds. The van der Waals surface area contributed by atoms with Gasteiger partial charge in [0.15, 0.2) is 0 Å². The molecule has 1 aliphatic heterocycles. The molecule has 4 nitrogen and oxygen atoms in total. The van der Waals surface area contributed by atoms with Gasteiger partial charge in [0.05, 0.1) is 34.2 Å². The van der Waals surface area contributed by atoms with Crippen LogP contribution in [0.25, 0.3) is 44.3 Å². The third-order valence-electron chi connectivity index (χ3n) is 8.44. The monoisotopic (exact) mass is 598 g/mol. The summed E-state index contributed by atoms with van der Waals surface area (Å²) in [6.45, 7) is 8.92. The van der Waals surface area contributed by atoms with Gasteiger partial charge in [-0.05, 0) is 95.0 Å². The maximum atomic E-state index is 5.33. The Morgan fingerprint density at radius 2 is 0.689 bits per heavy atom. The number of hydrogen-bond acceptors (Lipinski definition) is 4. The van der Waals surface area contributed by atoms with E-state index >= 15 is 0 Å². The van der Waals surface area contributed by atoms with Crippen LogP contribution in [0.1, 0.15) is 33.9 Å². The lowest BCUT2D eigenvalue weighted by Crippen LogP contribution is -2.29. The highest BCUT2D eigenvalue weighted by molar-refractivity contribution is 7.13. The second-order valence-electron chi connectivity index (χ2n) is 12.0. The maximum Gasteiger partial charge on any atom is 0.119 e. The zero-order valence-electron chi connectivity index (χ0n) is 26.0. The van der Waals surface area contributed by atoms with E-state index in [0.29, 0.717) is 0 Å². The van der Waals surface area contributed by atoms with Gasteiger partial charge in [0.25, 0.3) is 0 Å². The quantitative estimate of drug-likeness (QED) is 0.179. The van der Waals surface area contributed by atoms with E-state index in [1.165, 1.54) is 32.7 Å². The summed E-state index contributed by atoms with van der Waals surface area (Å²) in [6.07, 6.45) is 0. The first kappa shape index (κ1) is 28.5. The lowest BCUT2D eigenvalue weighted by Gasteiger charge is -2.25. The van der Waals surface area contributed by atoms with Crippen molar-refractivity contribution in [2.45, 2.75) is 26.9 Å². The maximum absolute atomic E-state index is 5.33. The Balaban J connectivity index is 1.51. The number of pyridine rings is 4. The Morgan fingerprint density at radius 1 is 0.356 bits per heavy atom. The standard InChI is InChI=1S/C40H34N4Si/c1-27-15-11-21-31(41-27)33-23-13-25-35(43-33)39-37(29-17-7-5-8-18-29)38(30-19-9-6-10-20-30)40(45(39,3)4)36-26-14-24-34(44-36)32-22-12-16-28(2)42-32/h5-26H,1-4H3. The first-order valence-corrected chi connectivity index (χ1v) is 18.3. The number of benzene rings is 2. The van der Waals surface area contributed by atoms with Crippen molar-refractivity contribution in [2.75, 3.05) is 0 Å². The summed E-state index contributed by atoms with van der Waals surface area (Å²) >= 11 is 0. The van der Waals surface area contributed by atoms with Gasteiger partial charge in [-0.1, -0.05) is 98.0 Å². The highest BCUT2D eigenvalue weighted by Gasteiger charge is 2.45. The van der Waals surface area contributed by atoms with Crippen LogP contribution in [0.15, 0.2) is 133 Å². The van der Waals surface area contributed by atoms with Crippen molar-refractivity contribution in [1.82, 2.24) is 19.9 Å². The second kappa shape index (κ2) is 11.7. The lowest BCUT2D eigenvalue weighted by atomic mass is 9.90. The summed E-state index contributed by atoms with van der Waals surface area (Å²) in [7, 11) is -2.45. The molecule has 4 aromatic heterocycles. The van der Waals surface area contributed by atoms with Crippen LogP contribution in [0.4, 0.5) is 0 Å². The van der Waals surface area contributed by atoms with Gasteiger partial charge in [0, 0.05) is 11.4 Å². The first-order chi connectivity index (χ1) is 21.9. The third-order valence-corrected chi connectivity index (χ3v) is 11.9. The topological polar surface area (TPSA) is 51.6 Å². The molecule has 1 aliphatic rings. The predicted octanol–water partition coefficient (Wildman–Crippen LogP) is 9.54. The Kier molecular flexibility index (Phi) is 7.40. The molecule has 2 aromatic carbocycles. The van der Waals surface area contributed by atoms with Crippen LogP contribution in [0, 0.1) is 13.8 Å². The molecule has 6 aromatic rings. The fraction of sp³-hybridized carbons (Fsp3) is 0.100. The largest absolute Gasteiger partial charge is 0.251 e. The molecule has 7 rings (SSSR count). The van der Waals surface area contributed by atoms with Gasteiger partial charge in [0.2, 0.25) is 0 Å². The van der Waals surface area contributed by atoms with Crippen molar-refractivity contribution in [3.63, 3.8) is 0 Å². The summed E-state index contributed by atoms with van der Waals surface area (Å²) in [5.74, 6) is 0. The fourth-order valence-corrected chi connectivity index (χ4v) is 10.1. The molecule has 0 unspecified atom stereocenters. The van der Waals surface area contributed by atoms with E-state index in [9.17, 15) is 0 Å². The molecule has 45 heavy (non-hydrogen) atoms. The molecule has 0 radical (unpaired) electrons. The van der Waals surface area contributed by atoms with E-state index in [2.05, 4.69) is 110 Å². The van der Waals surface area contributed by atoms with Gasteiger partial charge in [-0.3, -0.25) is 9.97 Å². The first-order valence-electron chi connectivity index (χ1n) is 15.3. The van der Waals surface area contributed by atoms with E-state index in [1.54, 1.807) is 0 Å². The molecule has 0 saturated carbocycles. The Bertz CT molecular complexity index is 1950. The van der Waals surface area contributed by atoms with Crippen LogP contribution < -0.4 is 0 Å². The van der Waals surface area contributed by atoms with Gasteiger partial charge < -0.3 is 0 Å². The van der Waals surface area contributed by atoms with E-state index in [4.69, 9.17) is 19.9 Å². The van der Waals surface area contributed by atoms with Crippen LogP contribution in [0.2, 0.25) is 13.1 Å². The average molecular weight is 599 g/mol. The predicted molar refractivity (Wildman–Crippen MR) is 188 cm³/mol. The van der Waals surface area contributed by atoms with Crippen molar-refractivity contribution in [3.05, 3.63) is 167 Å².